The molecule has 0 spiro atoms. The quantitative estimate of drug-likeness (QED) is 0.718. The van der Waals surface area contributed by atoms with Crippen LogP contribution in [0.1, 0.15) is 37.8 Å². The lowest BCUT2D eigenvalue weighted by molar-refractivity contribution is 0.312. The number of nitrogens with zero attached hydrogens (tertiary/aromatic N) is 5. The molecular formula is C23H27N5O. The van der Waals surface area contributed by atoms with Gasteiger partial charge in [0.15, 0.2) is 5.82 Å². The van der Waals surface area contributed by atoms with Gasteiger partial charge in [-0.2, -0.15) is 5.10 Å². The second-order valence-electron chi connectivity index (χ2n) is 8.66. The zero-order chi connectivity index (χ0) is 20.0. The zero-order valence-corrected chi connectivity index (χ0v) is 17.0. The van der Waals surface area contributed by atoms with Crippen LogP contribution in [0.4, 0.5) is 5.82 Å². The number of hydrogen-bond donors (Lipinski definition) is 1. The molecule has 0 amide bonds. The number of phenolic OH excluding ortho intramolecular Hbond substituents is 1. The smallest absolute Gasteiger partial charge is 0.151 e. The van der Waals surface area contributed by atoms with E-state index in [0.717, 1.165) is 29.0 Å². The molecule has 0 aliphatic heterocycles. The number of aromatic hydroxyl groups is 1. The van der Waals surface area contributed by atoms with E-state index in [1.54, 1.807) is 10.7 Å². The van der Waals surface area contributed by atoms with Crippen molar-refractivity contribution in [1.82, 2.24) is 20.0 Å². The van der Waals surface area contributed by atoms with Gasteiger partial charge in [0.1, 0.15) is 5.75 Å². The summed E-state index contributed by atoms with van der Waals surface area (Å²) in [6, 6.07) is 12.0. The van der Waals surface area contributed by atoms with Gasteiger partial charge in [-0.3, -0.25) is 0 Å². The number of anilines is 1. The standard InChI is InChI=1S/C23H27N5O/c1-15-9-10-28(26-15)18-5-6-20(22(29)14-18)21-7-8-23(25-24-21)27(2)19-12-16-3-4-17(11-16)13-19/h5-10,14,16-17,19,29H,3-4,11-13H2,1-2H3/t16-,17+,19+. The summed E-state index contributed by atoms with van der Waals surface area (Å²) in [7, 11) is 2.14. The average molecular weight is 390 g/mol. The number of benzene rings is 1. The molecule has 0 saturated heterocycles. The molecule has 5 rings (SSSR count). The van der Waals surface area contributed by atoms with Crippen LogP contribution in [0, 0.1) is 18.8 Å². The topological polar surface area (TPSA) is 67.1 Å². The van der Waals surface area contributed by atoms with Crippen molar-refractivity contribution in [2.24, 2.45) is 11.8 Å². The van der Waals surface area contributed by atoms with Crippen molar-refractivity contribution >= 4 is 5.82 Å². The average Bonchev–Trinajstić information content (AvgIpc) is 3.32. The molecule has 2 aliphatic rings. The van der Waals surface area contributed by atoms with E-state index in [4.69, 9.17) is 0 Å². The van der Waals surface area contributed by atoms with Crippen molar-refractivity contribution in [1.29, 1.82) is 0 Å². The molecule has 2 fully saturated rings. The Hall–Kier alpha value is -2.89. The first kappa shape index (κ1) is 18.2. The van der Waals surface area contributed by atoms with Crippen molar-refractivity contribution in [2.45, 2.75) is 45.1 Å². The monoisotopic (exact) mass is 389 g/mol. The van der Waals surface area contributed by atoms with Gasteiger partial charge in [0.25, 0.3) is 0 Å². The van der Waals surface area contributed by atoms with Crippen molar-refractivity contribution in [2.75, 3.05) is 11.9 Å². The summed E-state index contributed by atoms with van der Waals surface area (Å²) in [6.45, 7) is 1.94. The van der Waals surface area contributed by atoms with E-state index in [9.17, 15) is 5.11 Å². The predicted molar refractivity (Wildman–Crippen MR) is 113 cm³/mol. The number of fused-ring (bicyclic) bond motifs is 2. The minimum Gasteiger partial charge on any atom is -0.507 e. The lowest BCUT2D eigenvalue weighted by atomic mass is 9.85. The molecule has 2 bridgehead atoms. The molecule has 2 aliphatic carbocycles. The number of aryl methyl sites for hydroxylation is 1. The van der Waals surface area contributed by atoms with Gasteiger partial charge < -0.3 is 10.0 Å². The Morgan fingerprint density at radius 1 is 1.00 bits per heavy atom. The molecule has 3 atom stereocenters. The zero-order valence-electron chi connectivity index (χ0n) is 17.0. The number of aromatic nitrogens is 4. The maximum atomic E-state index is 10.5. The Labute approximate surface area is 171 Å². The Morgan fingerprint density at radius 3 is 2.41 bits per heavy atom. The molecule has 1 aromatic carbocycles. The first-order valence-electron chi connectivity index (χ1n) is 10.5. The highest BCUT2D eigenvalue weighted by Gasteiger charge is 2.36. The summed E-state index contributed by atoms with van der Waals surface area (Å²) in [5, 5.41) is 23.8. The van der Waals surface area contributed by atoms with Crippen molar-refractivity contribution in [3.63, 3.8) is 0 Å². The maximum Gasteiger partial charge on any atom is 0.151 e. The predicted octanol–water partition coefficient (Wildman–Crippen LogP) is 4.36. The fraction of sp³-hybridized carbons (Fsp3) is 0.435. The van der Waals surface area contributed by atoms with Gasteiger partial charge in [-0.05, 0) is 68.4 Å². The van der Waals surface area contributed by atoms with Crippen LogP contribution in [0.5, 0.6) is 5.75 Å². The molecule has 2 saturated carbocycles. The molecular weight excluding hydrogens is 362 g/mol. The van der Waals surface area contributed by atoms with E-state index < -0.39 is 0 Å². The van der Waals surface area contributed by atoms with Gasteiger partial charge in [-0.25, -0.2) is 4.68 Å². The van der Waals surface area contributed by atoms with Crippen molar-refractivity contribution in [3.05, 3.63) is 48.3 Å². The Morgan fingerprint density at radius 2 is 1.79 bits per heavy atom. The first-order valence-corrected chi connectivity index (χ1v) is 10.5. The highest BCUT2D eigenvalue weighted by Crippen LogP contribution is 2.43. The van der Waals surface area contributed by atoms with Crippen LogP contribution >= 0.6 is 0 Å². The minimum atomic E-state index is 0.176. The molecule has 3 aromatic rings. The summed E-state index contributed by atoms with van der Waals surface area (Å²) in [6.07, 6.45) is 8.63. The van der Waals surface area contributed by atoms with Crippen LogP contribution in [0.3, 0.4) is 0 Å². The third-order valence-electron chi connectivity index (χ3n) is 6.66. The van der Waals surface area contributed by atoms with E-state index in [0.29, 0.717) is 17.3 Å². The van der Waals surface area contributed by atoms with Crippen LogP contribution in [-0.4, -0.2) is 38.2 Å². The fourth-order valence-electron chi connectivity index (χ4n) is 5.07. The molecule has 2 heterocycles. The summed E-state index contributed by atoms with van der Waals surface area (Å²) in [5.41, 5.74) is 3.10. The van der Waals surface area contributed by atoms with Gasteiger partial charge in [0, 0.05) is 30.9 Å². The maximum absolute atomic E-state index is 10.5. The second-order valence-corrected chi connectivity index (χ2v) is 8.66. The molecule has 0 radical (unpaired) electrons. The van der Waals surface area contributed by atoms with Crippen LogP contribution in [0.2, 0.25) is 0 Å². The third kappa shape index (κ3) is 3.48. The van der Waals surface area contributed by atoms with E-state index in [1.165, 1.54) is 32.1 Å². The molecule has 6 heteroatoms. The van der Waals surface area contributed by atoms with E-state index in [2.05, 4.69) is 27.2 Å². The molecule has 1 N–H and O–H groups in total. The SMILES string of the molecule is Cc1ccn(-c2ccc(-c3ccc(N(C)[C@H]4C[C@@H]5CC[C@@H](C5)C4)nn3)c(O)c2)n1. The van der Waals surface area contributed by atoms with Gasteiger partial charge in [-0.1, -0.05) is 12.8 Å². The van der Waals surface area contributed by atoms with Crippen LogP contribution in [0.25, 0.3) is 16.9 Å². The van der Waals surface area contributed by atoms with Gasteiger partial charge in [-0.15, -0.1) is 10.2 Å². The lowest BCUT2D eigenvalue weighted by Crippen LogP contribution is -2.37. The number of phenols is 1. The summed E-state index contributed by atoms with van der Waals surface area (Å²) >= 11 is 0. The fourth-order valence-corrected chi connectivity index (χ4v) is 5.07. The third-order valence-corrected chi connectivity index (χ3v) is 6.66. The Kier molecular flexibility index (Phi) is 4.49. The highest BCUT2D eigenvalue weighted by atomic mass is 16.3. The molecule has 6 nitrogen and oxygen atoms in total. The molecule has 150 valence electrons. The number of hydrogen-bond acceptors (Lipinski definition) is 5. The number of rotatable bonds is 4. The van der Waals surface area contributed by atoms with Crippen molar-refractivity contribution < 1.29 is 5.11 Å². The van der Waals surface area contributed by atoms with Crippen LogP contribution in [-0.2, 0) is 0 Å². The minimum absolute atomic E-state index is 0.176. The Balaban J connectivity index is 1.34. The van der Waals surface area contributed by atoms with Gasteiger partial charge >= 0.3 is 0 Å². The van der Waals surface area contributed by atoms with Crippen molar-refractivity contribution in [3.8, 4) is 22.7 Å². The Bertz CT molecular complexity index is 1000. The molecule has 0 unspecified atom stereocenters. The van der Waals surface area contributed by atoms with Gasteiger partial charge in [0.2, 0.25) is 0 Å². The first-order chi connectivity index (χ1) is 14.1. The van der Waals surface area contributed by atoms with Gasteiger partial charge in [0.05, 0.1) is 17.1 Å². The largest absolute Gasteiger partial charge is 0.507 e. The second kappa shape index (κ2) is 7.17. The molecule has 2 aromatic heterocycles. The van der Waals surface area contributed by atoms with Crippen LogP contribution in [0.15, 0.2) is 42.6 Å². The van der Waals surface area contributed by atoms with E-state index in [1.807, 2.05) is 43.5 Å². The summed E-state index contributed by atoms with van der Waals surface area (Å²) < 4.78 is 1.75. The van der Waals surface area contributed by atoms with Crippen LogP contribution < -0.4 is 4.90 Å². The van der Waals surface area contributed by atoms with E-state index >= 15 is 0 Å². The summed E-state index contributed by atoms with van der Waals surface area (Å²) in [4.78, 5) is 2.30. The molecule has 29 heavy (non-hydrogen) atoms. The summed E-state index contributed by atoms with van der Waals surface area (Å²) in [5.74, 6) is 2.86. The normalized spacial score (nSPS) is 23.3. The lowest BCUT2D eigenvalue weighted by Gasteiger charge is -2.35. The highest BCUT2D eigenvalue weighted by molar-refractivity contribution is 5.69. The van der Waals surface area contributed by atoms with E-state index in [-0.39, 0.29) is 5.75 Å².